The van der Waals surface area contributed by atoms with Gasteiger partial charge in [0.15, 0.2) is 5.89 Å². The number of aromatic nitrogens is 1. The van der Waals surface area contributed by atoms with Crippen LogP contribution in [-0.4, -0.2) is 4.98 Å². The molecule has 0 spiro atoms. The molecule has 0 aliphatic heterocycles. The Labute approximate surface area is 72.3 Å². The summed E-state index contributed by atoms with van der Waals surface area (Å²) in [4.78, 5) is 4.13. The highest BCUT2D eigenvalue weighted by Gasteiger charge is 2.00. The maximum absolute atomic E-state index is 7.50. The first-order chi connectivity index (χ1) is 6.27. The fourth-order valence-corrected chi connectivity index (χ4v) is 1.04. The van der Waals surface area contributed by atoms with E-state index in [0.29, 0.717) is 11.6 Å². The highest BCUT2D eigenvalue weighted by atomic mass is 16.3. The molecular weight excluding hydrogens is 150 g/mol. The summed E-state index contributed by atoms with van der Waals surface area (Å²) >= 11 is 0. The Balaban J connectivity index is 2.53. The maximum Gasteiger partial charge on any atom is 0.191 e. The zero-order chi connectivity index (χ0) is 9.26. The first-order valence-electron chi connectivity index (χ1n) is 4.27. The number of hydrogen-bond acceptors (Lipinski definition) is 2. The molecule has 1 aromatic heterocycles. The van der Waals surface area contributed by atoms with E-state index < -0.39 is 0 Å². The van der Waals surface area contributed by atoms with Crippen molar-refractivity contribution in [1.82, 2.24) is 4.98 Å². The predicted octanol–water partition coefficient (Wildman–Crippen LogP) is 2.65. The van der Waals surface area contributed by atoms with Gasteiger partial charge in [0.2, 0.25) is 0 Å². The van der Waals surface area contributed by atoms with E-state index in [4.69, 9.17) is 5.79 Å². The summed E-state index contributed by atoms with van der Waals surface area (Å²) in [6.07, 6.45) is 0.128. The first kappa shape index (κ1) is 6.00. The Morgan fingerprint density at radius 2 is 2.08 bits per heavy atom. The van der Waals surface area contributed by atoms with Crippen LogP contribution >= 0.6 is 0 Å². The molecule has 0 unspecified atom stereocenters. The molecule has 0 aliphatic carbocycles. The molecule has 60 valence electrons. The van der Waals surface area contributed by atoms with Crippen molar-refractivity contribution in [2.24, 2.45) is 0 Å². The first-order valence-corrected chi connectivity index (χ1v) is 3.77. The number of hydrogen-bond donors (Lipinski definition) is 0. The molecule has 0 amide bonds. The normalized spacial score (nSPS) is 11.2. The summed E-state index contributed by atoms with van der Waals surface area (Å²) in [5.74, 6) is 0.531. The van der Waals surface area contributed by atoms with E-state index >= 15 is 0 Å². The van der Waals surface area contributed by atoms with Crippen molar-refractivity contribution in [2.45, 2.75) is 6.92 Å². The molecule has 0 aliphatic rings. The van der Waals surface area contributed by atoms with Crippen molar-refractivity contribution in [1.29, 1.82) is 0 Å². The van der Waals surface area contributed by atoms with Crippen molar-refractivity contribution in [3.8, 4) is 11.3 Å². The lowest BCUT2D eigenvalue weighted by molar-refractivity contribution is 0.521. The van der Waals surface area contributed by atoms with Gasteiger partial charge in [0, 0.05) is 12.5 Å². The van der Waals surface area contributed by atoms with Gasteiger partial charge in [-0.1, -0.05) is 30.3 Å². The summed E-state index contributed by atoms with van der Waals surface area (Å²) in [7, 11) is 0. The van der Waals surface area contributed by atoms with Crippen LogP contribution in [0.3, 0.4) is 0 Å². The fraction of sp³-hybridized carbons (Fsp3) is 0.100. The van der Waals surface area contributed by atoms with Gasteiger partial charge in [-0.3, -0.25) is 0 Å². The van der Waals surface area contributed by atoms with Crippen LogP contribution in [0.4, 0.5) is 0 Å². The Bertz CT molecular complexity index is 408. The van der Waals surface area contributed by atoms with Gasteiger partial charge in [-0.05, 0) is 0 Å². The van der Waals surface area contributed by atoms with Gasteiger partial charge in [-0.25, -0.2) is 4.98 Å². The topological polar surface area (TPSA) is 26.0 Å². The molecule has 2 nitrogen and oxygen atoms in total. The van der Waals surface area contributed by atoms with Crippen LogP contribution in [-0.2, 0) is 0 Å². The molecule has 1 aromatic carbocycles. The molecule has 2 heteroatoms. The number of nitrogens with zero attached hydrogens (tertiary/aromatic N) is 1. The minimum absolute atomic E-state index is 0.128. The van der Waals surface area contributed by atoms with Crippen LogP contribution in [0.15, 0.2) is 41.0 Å². The van der Waals surface area contributed by atoms with Gasteiger partial charge in [0.05, 0.1) is 0 Å². The largest absolute Gasteiger partial charge is 0.449 e. The average Bonchev–Trinajstić information content (AvgIpc) is 2.47. The summed E-state index contributed by atoms with van der Waals surface area (Å²) < 4.78 is 12.5. The molecule has 0 atom stereocenters. The van der Waals surface area contributed by atoms with Gasteiger partial charge in [-0.15, -0.1) is 0 Å². The van der Waals surface area contributed by atoms with Crippen LogP contribution in [0, 0.1) is 6.92 Å². The monoisotopic (exact) mass is 160 g/mol. The van der Waals surface area contributed by atoms with Crippen LogP contribution in [0.25, 0.3) is 11.3 Å². The van der Waals surface area contributed by atoms with Crippen LogP contribution in [0.5, 0.6) is 0 Å². The van der Waals surface area contributed by atoms with E-state index in [0.717, 1.165) is 5.56 Å². The fourth-order valence-electron chi connectivity index (χ4n) is 1.04. The van der Waals surface area contributed by atoms with E-state index in [1.54, 1.807) is 6.92 Å². The molecule has 0 N–H and O–H groups in total. The number of oxazole rings is 1. The molecule has 2 aromatic rings. The second-order valence-electron chi connectivity index (χ2n) is 2.55. The van der Waals surface area contributed by atoms with E-state index in [1.165, 1.54) is 0 Å². The van der Waals surface area contributed by atoms with E-state index in [2.05, 4.69) is 4.98 Å². The minimum Gasteiger partial charge on any atom is -0.449 e. The highest BCUT2D eigenvalue weighted by molar-refractivity contribution is 5.57. The zero-order valence-electron chi connectivity index (χ0n) is 7.74. The predicted molar refractivity (Wildman–Crippen MR) is 46.7 cm³/mol. The van der Waals surface area contributed by atoms with E-state index in [9.17, 15) is 0 Å². The second kappa shape index (κ2) is 2.81. The molecule has 0 saturated heterocycles. The number of benzene rings is 1. The Kier molecular flexibility index (Phi) is 1.41. The molecule has 0 fully saturated rings. The van der Waals surface area contributed by atoms with Crippen LogP contribution in [0.2, 0.25) is 0 Å². The molecular formula is C10H9NO. The van der Waals surface area contributed by atoms with Crippen LogP contribution in [0.1, 0.15) is 7.26 Å². The lowest BCUT2D eigenvalue weighted by Gasteiger charge is -1.91. The Morgan fingerprint density at radius 1 is 1.33 bits per heavy atom. The maximum atomic E-state index is 7.50. The Morgan fingerprint density at radius 3 is 2.67 bits per heavy atom. The van der Waals surface area contributed by atoms with Crippen molar-refractivity contribution >= 4 is 0 Å². The second-order valence-corrected chi connectivity index (χ2v) is 2.55. The minimum atomic E-state index is 0.128. The van der Waals surface area contributed by atoms with Crippen molar-refractivity contribution in [2.75, 3.05) is 0 Å². The van der Waals surface area contributed by atoms with Gasteiger partial charge >= 0.3 is 0 Å². The van der Waals surface area contributed by atoms with Gasteiger partial charge in [-0.2, -0.15) is 0 Å². The van der Waals surface area contributed by atoms with Crippen molar-refractivity contribution < 1.29 is 5.79 Å². The van der Waals surface area contributed by atoms with Crippen molar-refractivity contribution in [3.63, 3.8) is 0 Å². The lowest BCUT2D eigenvalue weighted by atomic mass is 10.2. The Hall–Kier alpha value is -1.57. The summed E-state index contributed by atoms with van der Waals surface area (Å²) in [6.45, 7) is 1.74. The average molecular weight is 160 g/mol. The third-order valence-corrected chi connectivity index (χ3v) is 1.61. The van der Waals surface area contributed by atoms with Gasteiger partial charge in [0.25, 0.3) is 0 Å². The molecule has 12 heavy (non-hydrogen) atoms. The smallest absolute Gasteiger partial charge is 0.191 e. The van der Waals surface area contributed by atoms with E-state index in [1.807, 2.05) is 30.3 Å². The molecule has 0 radical (unpaired) electrons. The summed E-state index contributed by atoms with van der Waals surface area (Å²) in [5.41, 5.74) is 1.53. The zero-order valence-corrected chi connectivity index (χ0v) is 6.74. The molecule has 0 bridgehead atoms. The summed E-state index contributed by atoms with van der Waals surface area (Å²) in [5, 5.41) is 0. The lowest BCUT2D eigenvalue weighted by Crippen LogP contribution is -1.75. The molecule has 0 saturated carbocycles. The quantitative estimate of drug-likeness (QED) is 0.641. The third-order valence-electron chi connectivity index (χ3n) is 1.61. The molecule has 2 rings (SSSR count). The molecule has 1 heterocycles. The van der Waals surface area contributed by atoms with Gasteiger partial charge < -0.3 is 4.42 Å². The highest BCUT2D eigenvalue weighted by Crippen LogP contribution is 2.16. The van der Waals surface area contributed by atoms with Crippen LogP contribution < -0.4 is 0 Å². The van der Waals surface area contributed by atoms with Gasteiger partial charge in [0.1, 0.15) is 13.3 Å². The van der Waals surface area contributed by atoms with E-state index in [-0.39, 0.29) is 6.24 Å². The third kappa shape index (κ3) is 1.23. The summed E-state index contributed by atoms with van der Waals surface area (Å²) in [6, 6.07) is 9.59. The number of rotatable bonds is 1. The van der Waals surface area contributed by atoms with Crippen molar-refractivity contribution in [3.05, 3.63) is 42.5 Å². The standard InChI is InChI=1S/C10H9NO/c1-8-11-10(7-12-8)9-5-3-2-4-6-9/h2-7H,1H3/i7D. The SMILES string of the molecule is [2H]c1oc(C)nc1-c1ccccc1. The number of aryl methyl sites for hydroxylation is 1.